The van der Waals surface area contributed by atoms with E-state index in [1.54, 1.807) is 7.05 Å². The summed E-state index contributed by atoms with van der Waals surface area (Å²) in [4.78, 5) is 6.78. The molecule has 1 aromatic carbocycles. The van der Waals surface area contributed by atoms with Crippen molar-refractivity contribution in [1.29, 1.82) is 0 Å². The highest BCUT2D eigenvalue weighted by Crippen LogP contribution is 2.15. The molecule has 120 valence electrons. The lowest BCUT2D eigenvalue weighted by molar-refractivity contribution is 0.328. The topological polar surface area (TPSA) is 39.7 Å². The summed E-state index contributed by atoms with van der Waals surface area (Å²) in [7, 11) is 1.80. The van der Waals surface area contributed by atoms with Crippen LogP contribution in [0.5, 0.6) is 0 Å². The van der Waals surface area contributed by atoms with Crippen molar-refractivity contribution < 1.29 is 0 Å². The zero-order valence-electron chi connectivity index (χ0n) is 13.6. The lowest BCUT2D eigenvalue weighted by Crippen LogP contribution is -2.40. The van der Waals surface area contributed by atoms with Gasteiger partial charge in [0, 0.05) is 33.2 Å². The zero-order valence-corrected chi connectivity index (χ0v) is 13.6. The van der Waals surface area contributed by atoms with Gasteiger partial charge in [-0.05, 0) is 30.9 Å². The molecule has 0 aromatic heterocycles. The molecule has 0 aliphatic carbocycles. The van der Waals surface area contributed by atoms with E-state index >= 15 is 0 Å². The summed E-state index contributed by atoms with van der Waals surface area (Å²) < 4.78 is 0. The number of nitrogens with one attached hydrogen (secondary N) is 2. The van der Waals surface area contributed by atoms with Crippen LogP contribution in [0, 0.1) is 5.92 Å². The van der Waals surface area contributed by atoms with Gasteiger partial charge in [0.15, 0.2) is 5.96 Å². The van der Waals surface area contributed by atoms with E-state index in [1.165, 1.54) is 25.1 Å². The monoisotopic (exact) mass is 300 g/mol. The van der Waals surface area contributed by atoms with Crippen LogP contribution in [0.25, 0.3) is 0 Å². The first kappa shape index (κ1) is 16.6. The molecule has 0 spiro atoms. The van der Waals surface area contributed by atoms with Gasteiger partial charge >= 0.3 is 0 Å². The smallest absolute Gasteiger partial charge is 0.191 e. The summed E-state index contributed by atoms with van der Waals surface area (Å²) in [6.45, 7) is 8.98. The minimum Gasteiger partial charge on any atom is -0.356 e. The first-order chi connectivity index (χ1) is 10.8. The molecule has 0 saturated carbocycles. The fourth-order valence-electron chi connectivity index (χ4n) is 2.84. The van der Waals surface area contributed by atoms with E-state index in [-0.39, 0.29) is 0 Å². The molecule has 1 aliphatic heterocycles. The molecule has 1 fully saturated rings. The fraction of sp³-hybridized carbons (Fsp3) is 0.500. The Kier molecular flexibility index (Phi) is 6.97. The molecule has 1 saturated heterocycles. The van der Waals surface area contributed by atoms with E-state index in [0.717, 1.165) is 32.0 Å². The number of guanidine groups is 1. The molecule has 1 unspecified atom stereocenters. The summed E-state index contributed by atoms with van der Waals surface area (Å²) >= 11 is 0. The quantitative estimate of drug-likeness (QED) is 0.459. The van der Waals surface area contributed by atoms with Gasteiger partial charge in [-0.1, -0.05) is 36.4 Å². The van der Waals surface area contributed by atoms with Gasteiger partial charge in [0.25, 0.3) is 0 Å². The van der Waals surface area contributed by atoms with E-state index < -0.39 is 0 Å². The molecule has 4 heteroatoms. The average Bonchev–Trinajstić information content (AvgIpc) is 3.02. The fourth-order valence-corrected chi connectivity index (χ4v) is 2.84. The van der Waals surface area contributed by atoms with Gasteiger partial charge < -0.3 is 15.5 Å². The molecule has 4 nitrogen and oxygen atoms in total. The maximum absolute atomic E-state index is 4.21. The van der Waals surface area contributed by atoms with Crippen molar-refractivity contribution in [1.82, 2.24) is 15.5 Å². The molecule has 1 aromatic rings. The van der Waals surface area contributed by atoms with Crippen LogP contribution in [-0.4, -0.2) is 50.6 Å². The van der Waals surface area contributed by atoms with Crippen LogP contribution in [0.1, 0.15) is 12.0 Å². The number of aliphatic imine (C=N–C) groups is 1. The third-order valence-electron chi connectivity index (χ3n) is 4.13. The molecule has 2 N–H and O–H groups in total. The van der Waals surface area contributed by atoms with Crippen molar-refractivity contribution in [2.24, 2.45) is 10.9 Å². The molecular formula is C18H28N4. The second-order valence-corrected chi connectivity index (χ2v) is 5.81. The molecule has 2 rings (SSSR count). The van der Waals surface area contributed by atoms with Gasteiger partial charge in [-0.15, -0.1) is 6.58 Å². The van der Waals surface area contributed by atoms with Crippen LogP contribution < -0.4 is 10.6 Å². The Morgan fingerprint density at radius 2 is 2.18 bits per heavy atom. The largest absolute Gasteiger partial charge is 0.356 e. The lowest BCUT2D eigenvalue weighted by Gasteiger charge is -2.17. The van der Waals surface area contributed by atoms with Crippen LogP contribution >= 0.6 is 0 Å². The number of hydrogen-bond donors (Lipinski definition) is 2. The number of benzene rings is 1. The van der Waals surface area contributed by atoms with Crippen LogP contribution in [0.3, 0.4) is 0 Å². The highest BCUT2D eigenvalue weighted by atomic mass is 15.2. The minimum atomic E-state index is 0.707. The van der Waals surface area contributed by atoms with Gasteiger partial charge in [0.1, 0.15) is 0 Å². The first-order valence-electron chi connectivity index (χ1n) is 8.13. The molecule has 1 aliphatic rings. The van der Waals surface area contributed by atoms with Gasteiger partial charge in [-0.2, -0.15) is 0 Å². The van der Waals surface area contributed by atoms with Crippen molar-refractivity contribution in [2.45, 2.75) is 12.8 Å². The summed E-state index contributed by atoms with van der Waals surface area (Å²) in [5, 5.41) is 6.61. The van der Waals surface area contributed by atoms with Gasteiger partial charge in [0.05, 0.1) is 0 Å². The third kappa shape index (κ3) is 5.53. The maximum Gasteiger partial charge on any atom is 0.191 e. The second-order valence-electron chi connectivity index (χ2n) is 5.81. The van der Waals surface area contributed by atoms with E-state index in [2.05, 4.69) is 57.4 Å². The van der Waals surface area contributed by atoms with E-state index in [1.807, 2.05) is 6.08 Å². The van der Waals surface area contributed by atoms with Crippen molar-refractivity contribution >= 4 is 5.96 Å². The van der Waals surface area contributed by atoms with Crippen LogP contribution in [-0.2, 0) is 6.42 Å². The Bertz CT molecular complexity index is 469. The third-order valence-corrected chi connectivity index (χ3v) is 4.13. The van der Waals surface area contributed by atoms with E-state index in [9.17, 15) is 0 Å². The van der Waals surface area contributed by atoms with Crippen molar-refractivity contribution in [3.63, 3.8) is 0 Å². The summed E-state index contributed by atoms with van der Waals surface area (Å²) in [6, 6.07) is 10.7. The van der Waals surface area contributed by atoms with Gasteiger partial charge in [0.2, 0.25) is 0 Å². The Labute approximate surface area is 134 Å². The predicted octanol–water partition coefficient (Wildman–Crippen LogP) is 1.90. The molecule has 0 amide bonds. The van der Waals surface area contributed by atoms with E-state index in [4.69, 9.17) is 0 Å². The minimum absolute atomic E-state index is 0.707. The molecule has 1 heterocycles. The van der Waals surface area contributed by atoms with Crippen LogP contribution in [0.2, 0.25) is 0 Å². The standard InChI is InChI=1S/C18H28N4/c1-3-11-20-18(19-2)21-14-17-10-13-22(15-17)12-9-16-7-5-4-6-8-16/h3-8,17H,1,9-15H2,2H3,(H2,19,20,21). The Hall–Kier alpha value is -1.81. The lowest BCUT2D eigenvalue weighted by atomic mass is 10.1. The molecular weight excluding hydrogens is 272 g/mol. The Balaban J connectivity index is 1.66. The molecule has 22 heavy (non-hydrogen) atoms. The highest BCUT2D eigenvalue weighted by Gasteiger charge is 2.22. The SMILES string of the molecule is C=CCNC(=NC)NCC1CCN(CCc2ccccc2)C1. The Morgan fingerprint density at radius 1 is 1.36 bits per heavy atom. The Morgan fingerprint density at radius 3 is 2.91 bits per heavy atom. The van der Waals surface area contributed by atoms with Crippen LogP contribution in [0.15, 0.2) is 48.0 Å². The summed E-state index contributed by atoms with van der Waals surface area (Å²) in [5.74, 6) is 1.57. The predicted molar refractivity (Wildman–Crippen MR) is 94.3 cm³/mol. The normalized spacial score (nSPS) is 19.1. The van der Waals surface area contributed by atoms with Gasteiger partial charge in [-0.25, -0.2) is 0 Å². The molecule has 1 atom stereocenters. The van der Waals surface area contributed by atoms with Crippen molar-refractivity contribution in [2.75, 3.05) is 39.8 Å². The summed E-state index contributed by atoms with van der Waals surface area (Å²) in [5.41, 5.74) is 1.43. The summed E-state index contributed by atoms with van der Waals surface area (Å²) in [6.07, 6.45) is 4.25. The van der Waals surface area contributed by atoms with Crippen LogP contribution in [0.4, 0.5) is 0 Å². The van der Waals surface area contributed by atoms with Crippen molar-refractivity contribution in [3.8, 4) is 0 Å². The second kappa shape index (κ2) is 9.26. The van der Waals surface area contributed by atoms with Gasteiger partial charge in [-0.3, -0.25) is 4.99 Å². The highest BCUT2D eigenvalue weighted by molar-refractivity contribution is 5.79. The first-order valence-corrected chi connectivity index (χ1v) is 8.13. The number of likely N-dealkylation sites (tertiary alicyclic amines) is 1. The number of hydrogen-bond acceptors (Lipinski definition) is 2. The zero-order chi connectivity index (χ0) is 15.6. The molecule has 0 radical (unpaired) electrons. The van der Waals surface area contributed by atoms with Crippen molar-refractivity contribution in [3.05, 3.63) is 48.6 Å². The maximum atomic E-state index is 4.21. The molecule has 0 bridgehead atoms. The number of nitrogens with zero attached hydrogens (tertiary/aromatic N) is 2. The van der Waals surface area contributed by atoms with E-state index in [0.29, 0.717) is 5.92 Å². The average molecular weight is 300 g/mol. The number of rotatable bonds is 7.